The zero-order chi connectivity index (χ0) is 14.4. The molecule has 106 valence electrons. The number of aryl methyl sites for hydroxylation is 1. The summed E-state index contributed by atoms with van der Waals surface area (Å²) in [6.45, 7) is 7.59. The van der Waals surface area contributed by atoms with Gasteiger partial charge in [-0.3, -0.25) is 4.79 Å². The lowest BCUT2D eigenvalue weighted by atomic mass is 10.0. The van der Waals surface area contributed by atoms with E-state index < -0.39 is 12.1 Å². The molecule has 19 heavy (non-hydrogen) atoms. The molecule has 7 heteroatoms. The number of amides is 2. The van der Waals surface area contributed by atoms with Crippen molar-refractivity contribution in [3.8, 4) is 0 Å². The van der Waals surface area contributed by atoms with Crippen LogP contribution in [0, 0.1) is 12.8 Å². The molecule has 1 rings (SSSR count). The van der Waals surface area contributed by atoms with Crippen LogP contribution in [0.1, 0.15) is 25.6 Å². The highest BCUT2D eigenvalue weighted by Crippen LogP contribution is 2.17. The van der Waals surface area contributed by atoms with E-state index in [0.29, 0.717) is 5.13 Å². The van der Waals surface area contributed by atoms with Crippen molar-refractivity contribution in [1.82, 2.24) is 10.3 Å². The summed E-state index contributed by atoms with van der Waals surface area (Å²) >= 11 is 1.39. The van der Waals surface area contributed by atoms with Gasteiger partial charge in [0.25, 0.3) is 0 Å². The van der Waals surface area contributed by atoms with Crippen LogP contribution in [0.2, 0.25) is 0 Å². The molecule has 0 saturated heterocycles. The molecular weight excluding hydrogens is 266 g/mol. The van der Waals surface area contributed by atoms with E-state index in [1.165, 1.54) is 11.3 Å². The lowest BCUT2D eigenvalue weighted by molar-refractivity contribution is -0.119. The molecule has 2 N–H and O–H groups in total. The van der Waals surface area contributed by atoms with Gasteiger partial charge in [-0.05, 0) is 19.8 Å². The van der Waals surface area contributed by atoms with E-state index in [1.54, 1.807) is 13.1 Å². The topological polar surface area (TPSA) is 80.3 Å². The zero-order valence-corrected chi connectivity index (χ0v) is 12.3. The molecule has 0 aliphatic carbocycles. The summed E-state index contributed by atoms with van der Waals surface area (Å²) in [4.78, 5) is 28.5. The summed E-state index contributed by atoms with van der Waals surface area (Å²) in [5, 5.41) is 5.76. The van der Waals surface area contributed by atoms with Crippen LogP contribution < -0.4 is 10.6 Å². The maximum absolute atomic E-state index is 12.1. The van der Waals surface area contributed by atoms with Gasteiger partial charge in [-0.25, -0.2) is 9.78 Å². The highest BCUT2D eigenvalue weighted by Gasteiger charge is 2.25. The zero-order valence-electron chi connectivity index (χ0n) is 11.5. The minimum Gasteiger partial charge on any atom is -0.450 e. The van der Waals surface area contributed by atoms with Crippen LogP contribution in [-0.2, 0) is 9.53 Å². The van der Waals surface area contributed by atoms with Gasteiger partial charge in [0.2, 0.25) is 5.91 Å². The number of alkyl carbamates (subject to hydrolysis) is 1. The SMILES string of the molecule is CCOC(=O)N[C@H](C(=O)Nc1ncc(C)s1)C(C)C. The van der Waals surface area contributed by atoms with Gasteiger partial charge in [-0.1, -0.05) is 13.8 Å². The monoisotopic (exact) mass is 285 g/mol. The van der Waals surface area contributed by atoms with Crippen molar-refractivity contribution in [3.63, 3.8) is 0 Å². The Labute approximate surface area is 116 Å². The van der Waals surface area contributed by atoms with Crippen molar-refractivity contribution in [2.75, 3.05) is 11.9 Å². The number of thiazole rings is 1. The van der Waals surface area contributed by atoms with Gasteiger partial charge in [-0.2, -0.15) is 0 Å². The fraction of sp³-hybridized carbons (Fsp3) is 0.583. The number of rotatable bonds is 5. The Bertz CT molecular complexity index is 445. The molecule has 0 unspecified atom stereocenters. The summed E-state index contributed by atoms with van der Waals surface area (Å²) in [5.41, 5.74) is 0. The maximum Gasteiger partial charge on any atom is 0.407 e. The minimum atomic E-state index is -0.650. The average molecular weight is 285 g/mol. The molecule has 0 radical (unpaired) electrons. The number of ether oxygens (including phenoxy) is 1. The van der Waals surface area contributed by atoms with Gasteiger partial charge in [-0.15, -0.1) is 11.3 Å². The number of nitrogens with zero attached hydrogens (tertiary/aromatic N) is 1. The van der Waals surface area contributed by atoms with E-state index in [1.807, 2.05) is 20.8 Å². The Morgan fingerprint density at radius 1 is 1.47 bits per heavy atom. The molecule has 1 atom stereocenters. The van der Waals surface area contributed by atoms with Crippen LogP contribution in [0.15, 0.2) is 6.20 Å². The van der Waals surface area contributed by atoms with Gasteiger partial charge >= 0.3 is 6.09 Å². The highest BCUT2D eigenvalue weighted by atomic mass is 32.1. The number of aromatic nitrogens is 1. The van der Waals surface area contributed by atoms with Gasteiger partial charge in [0.15, 0.2) is 5.13 Å². The summed E-state index contributed by atoms with van der Waals surface area (Å²) in [6, 6.07) is -0.650. The first-order valence-corrected chi connectivity index (χ1v) is 6.92. The van der Waals surface area contributed by atoms with Crippen molar-refractivity contribution in [2.24, 2.45) is 5.92 Å². The smallest absolute Gasteiger partial charge is 0.407 e. The Balaban J connectivity index is 2.65. The Morgan fingerprint density at radius 2 is 2.16 bits per heavy atom. The molecule has 1 aromatic rings. The molecule has 0 aliphatic rings. The molecular formula is C12H19N3O3S. The van der Waals surface area contributed by atoms with E-state index >= 15 is 0 Å². The molecule has 2 amide bonds. The van der Waals surface area contributed by atoms with Gasteiger partial charge in [0.05, 0.1) is 6.61 Å². The highest BCUT2D eigenvalue weighted by molar-refractivity contribution is 7.15. The third kappa shape index (κ3) is 4.86. The largest absolute Gasteiger partial charge is 0.450 e. The molecule has 0 aliphatic heterocycles. The number of carbonyl (C=O) groups is 2. The maximum atomic E-state index is 12.1. The number of nitrogens with one attached hydrogen (secondary N) is 2. The van der Waals surface area contributed by atoms with Crippen LogP contribution in [-0.4, -0.2) is 29.6 Å². The minimum absolute atomic E-state index is 0.0505. The van der Waals surface area contributed by atoms with Crippen LogP contribution >= 0.6 is 11.3 Å². The molecule has 0 aromatic carbocycles. The first-order chi connectivity index (χ1) is 8.93. The summed E-state index contributed by atoms with van der Waals surface area (Å²) < 4.78 is 4.78. The van der Waals surface area contributed by atoms with Gasteiger partial charge in [0, 0.05) is 11.1 Å². The van der Waals surface area contributed by atoms with Crippen molar-refractivity contribution in [3.05, 3.63) is 11.1 Å². The second-order valence-corrected chi connectivity index (χ2v) is 5.59. The average Bonchev–Trinajstić information content (AvgIpc) is 2.71. The Hall–Kier alpha value is -1.63. The van der Waals surface area contributed by atoms with Crippen LogP contribution in [0.5, 0.6) is 0 Å². The van der Waals surface area contributed by atoms with E-state index in [9.17, 15) is 9.59 Å². The summed E-state index contributed by atoms with van der Waals surface area (Å²) in [7, 11) is 0. The number of anilines is 1. The quantitative estimate of drug-likeness (QED) is 0.868. The van der Waals surface area contributed by atoms with Crippen molar-refractivity contribution in [1.29, 1.82) is 0 Å². The first-order valence-electron chi connectivity index (χ1n) is 6.10. The molecule has 6 nitrogen and oxygen atoms in total. The molecule has 0 fully saturated rings. The van der Waals surface area contributed by atoms with Gasteiger partial charge in [0.1, 0.15) is 6.04 Å². The number of hydrogen-bond donors (Lipinski definition) is 2. The van der Waals surface area contributed by atoms with Gasteiger partial charge < -0.3 is 15.4 Å². The van der Waals surface area contributed by atoms with Crippen molar-refractivity contribution >= 4 is 28.5 Å². The van der Waals surface area contributed by atoms with E-state index in [-0.39, 0.29) is 18.4 Å². The molecule has 0 saturated carbocycles. The number of hydrogen-bond acceptors (Lipinski definition) is 5. The lowest BCUT2D eigenvalue weighted by Gasteiger charge is -2.20. The first kappa shape index (κ1) is 15.4. The third-order valence-electron chi connectivity index (χ3n) is 2.35. The molecule has 0 bridgehead atoms. The standard InChI is InChI=1S/C12H19N3O3S/c1-5-18-12(17)14-9(7(2)3)10(16)15-11-13-6-8(4)19-11/h6-7,9H,5H2,1-4H3,(H,14,17)(H,13,15,16)/t9-/m0/s1. The van der Waals surface area contributed by atoms with E-state index in [0.717, 1.165) is 4.88 Å². The third-order valence-corrected chi connectivity index (χ3v) is 3.18. The number of carbonyl (C=O) groups excluding carboxylic acids is 2. The van der Waals surface area contributed by atoms with E-state index in [4.69, 9.17) is 4.74 Å². The Kier molecular flexibility index (Phi) is 5.75. The van der Waals surface area contributed by atoms with Crippen molar-refractivity contribution < 1.29 is 14.3 Å². The summed E-state index contributed by atoms with van der Waals surface area (Å²) in [6.07, 6.45) is 1.09. The Morgan fingerprint density at radius 3 is 2.63 bits per heavy atom. The van der Waals surface area contributed by atoms with Crippen LogP contribution in [0.4, 0.5) is 9.93 Å². The second-order valence-electron chi connectivity index (χ2n) is 4.35. The normalized spacial score (nSPS) is 12.1. The second kappa shape index (κ2) is 7.08. The van der Waals surface area contributed by atoms with Crippen LogP contribution in [0.25, 0.3) is 0 Å². The lowest BCUT2D eigenvalue weighted by Crippen LogP contribution is -2.47. The molecule has 1 aromatic heterocycles. The van der Waals surface area contributed by atoms with Crippen LogP contribution in [0.3, 0.4) is 0 Å². The fourth-order valence-electron chi connectivity index (χ4n) is 1.43. The molecule has 0 spiro atoms. The fourth-order valence-corrected chi connectivity index (χ4v) is 2.10. The molecule has 1 heterocycles. The predicted octanol–water partition coefficient (Wildman–Crippen LogP) is 2.16. The summed E-state index contributed by atoms with van der Waals surface area (Å²) in [5.74, 6) is -0.345. The van der Waals surface area contributed by atoms with E-state index in [2.05, 4.69) is 15.6 Å². The predicted molar refractivity (Wildman–Crippen MR) is 74.3 cm³/mol. The van der Waals surface area contributed by atoms with Crippen molar-refractivity contribution in [2.45, 2.75) is 33.7 Å².